The molecule has 0 N–H and O–H groups in total. The van der Waals surface area contributed by atoms with Crippen molar-refractivity contribution in [3.05, 3.63) is 69.8 Å². The molecule has 0 bridgehead atoms. The molecule has 1 heterocycles. The van der Waals surface area contributed by atoms with E-state index in [1.807, 2.05) is 18.2 Å². The molecule has 1 saturated carbocycles. The van der Waals surface area contributed by atoms with Gasteiger partial charge in [-0.05, 0) is 97.0 Å². The van der Waals surface area contributed by atoms with Gasteiger partial charge in [0, 0.05) is 12.1 Å². The topological polar surface area (TPSA) is 65.1 Å². The number of hydrogen-bond donors (Lipinski definition) is 0. The Labute approximate surface area is 263 Å². The normalized spacial score (nSPS) is 22.8. The van der Waals surface area contributed by atoms with Crippen molar-refractivity contribution in [3.63, 3.8) is 0 Å². The quantitative estimate of drug-likeness (QED) is 0.221. The molecule has 0 unspecified atom stereocenters. The van der Waals surface area contributed by atoms with Gasteiger partial charge in [-0.2, -0.15) is 26.3 Å². The Morgan fingerprint density at radius 2 is 1.61 bits per heavy atom. The number of cyclic esters (lactones) is 1. The molecule has 250 valence electrons. The highest BCUT2D eigenvalue weighted by atomic mass is 19.4. The minimum Gasteiger partial charge on any atom is -0.496 e. The summed E-state index contributed by atoms with van der Waals surface area (Å²) in [6.07, 6.45) is -8.07. The van der Waals surface area contributed by atoms with E-state index in [0.717, 1.165) is 35.1 Å². The maximum absolute atomic E-state index is 13.6. The third-order valence-electron chi connectivity index (χ3n) is 9.72. The molecule has 2 atom stereocenters. The largest absolute Gasteiger partial charge is 0.496 e. The number of carbonyl (C=O) groups is 2. The lowest BCUT2D eigenvalue weighted by molar-refractivity contribution is -0.151. The summed E-state index contributed by atoms with van der Waals surface area (Å²) in [6.45, 7) is 5.78. The first-order valence-corrected chi connectivity index (χ1v) is 15.1. The standard InChI is InChI=1S/C34H37F6NO5/c1-19-28(20-13-23(33(35,36)37)15-24(14-20)34(38,39)40)46-30(43)41(19)18-21-17-31(2,3)12-9-25(21)26-16-22(7-8-27(26)44-4)32(10-6-11-32)29(42)45-5/h7-8,13-16,19,28H,6,9-12,17-18H2,1-5H3/t19-,28-/m0/s1. The molecule has 1 amide bonds. The van der Waals surface area contributed by atoms with E-state index in [2.05, 4.69) is 13.8 Å². The van der Waals surface area contributed by atoms with Crippen LogP contribution in [0.5, 0.6) is 5.75 Å². The predicted molar refractivity (Wildman–Crippen MR) is 157 cm³/mol. The number of nitrogens with zero attached hydrogens (tertiary/aromatic N) is 1. The second kappa shape index (κ2) is 11.8. The van der Waals surface area contributed by atoms with Crippen molar-refractivity contribution in [3.8, 4) is 5.75 Å². The van der Waals surface area contributed by atoms with Crippen LogP contribution in [0.2, 0.25) is 0 Å². The second-order valence-corrected chi connectivity index (χ2v) is 13.3. The molecule has 0 radical (unpaired) electrons. The molecule has 5 rings (SSSR count). The average molecular weight is 654 g/mol. The Hall–Kier alpha value is -3.70. The Bertz CT molecular complexity index is 1520. The predicted octanol–water partition coefficient (Wildman–Crippen LogP) is 8.87. The van der Waals surface area contributed by atoms with Crippen LogP contribution in [0.1, 0.15) is 93.2 Å². The number of ether oxygens (including phenoxy) is 3. The third kappa shape index (κ3) is 6.19. The minimum atomic E-state index is -5.03. The highest BCUT2D eigenvalue weighted by Gasteiger charge is 2.48. The number of rotatable bonds is 7. The monoisotopic (exact) mass is 653 g/mol. The fourth-order valence-corrected chi connectivity index (χ4v) is 6.98. The molecule has 2 aromatic rings. The van der Waals surface area contributed by atoms with E-state index in [1.165, 1.54) is 12.0 Å². The molecule has 0 aromatic heterocycles. The van der Waals surface area contributed by atoms with Crippen molar-refractivity contribution < 1.29 is 50.1 Å². The van der Waals surface area contributed by atoms with Gasteiger partial charge in [-0.1, -0.05) is 26.3 Å². The lowest BCUT2D eigenvalue weighted by Crippen LogP contribution is -2.43. The summed E-state index contributed by atoms with van der Waals surface area (Å²) in [5.74, 6) is 0.269. The van der Waals surface area contributed by atoms with Crippen LogP contribution in [0, 0.1) is 5.41 Å². The number of methoxy groups -OCH3 is 2. The zero-order chi connectivity index (χ0) is 33.8. The van der Waals surface area contributed by atoms with E-state index in [1.54, 1.807) is 14.0 Å². The van der Waals surface area contributed by atoms with E-state index in [0.29, 0.717) is 43.6 Å². The van der Waals surface area contributed by atoms with Crippen molar-refractivity contribution in [1.82, 2.24) is 4.90 Å². The van der Waals surface area contributed by atoms with Crippen molar-refractivity contribution in [1.29, 1.82) is 0 Å². The maximum Gasteiger partial charge on any atom is 0.416 e. The minimum absolute atomic E-state index is 0.0515. The molecule has 0 spiro atoms. The molecular weight excluding hydrogens is 616 g/mol. The van der Waals surface area contributed by atoms with Gasteiger partial charge < -0.3 is 14.2 Å². The molecule has 1 aliphatic heterocycles. The maximum atomic E-state index is 13.6. The average Bonchev–Trinajstić information content (AvgIpc) is 3.23. The van der Waals surface area contributed by atoms with Crippen LogP contribution >= 0.6 is 0 Å². The third-order valence-corrected chi connectivity index (χ3v) is 9.72. The highest BCUT2D eigenvalue weighted by Crippen LogP contribution is 2.50. The number of halogens is 6. The Morgan fingerprint density at radius 1 is 0.978 bits per heavy atom. The van der Waals surface area contributed by atoms with E-state index in [9.17, 15) is 35.9 Å². The van der Waals surface area contributed by atoms with Gasteiger partial charge in [-0.15, -0.1) is 0 Å². The number of alkyl halides is 6. The van der Waals surface area contributed by atoms with Crippen molar-refractivity contribution in [2.75, 3.05) is 20.8 Å². The molecule has 12 heteroatoms. The molecule has 3 aliphatic rings. The van der Waals surface area contributed by atoms with Crippen molar-refractivity contribution in [2.45, 2.75) is 89.2 Å². The van der Waals surface area contributed by atoms with Crippen LogP contribution < -0.4 is 4.74 Å². The van der Waals surface area contributed by atoms with E-state index in [-0.39, 0.29) is 29.6 Å². The molecule has 1 saturated heterocycles. The summed E-state index contributed by atoms with van der Waals surface area (Å²) in [5, 5.41) is 0. The number of amides is 1. The van der Waals surface area contributed by atoms with Crippen LogP contribution in [-0.2, 0) is 32.0 Å². The first-order valence-electron chi connectivity index (χ1n) is 15.1. The molecule has 46 heavy (non-hydrogen) atoms. The summed E-state index contributed by atoms with van der Waals surface area (Å²) in [6, 6.07) is 6.01. The first-order chi connectivity index (χ1) is 21.4. The summed E-state index contributed by atoms with van der Waals surface area (Å²) in [4.78, 5) is 27.5. The van der Waals surface area contributed by atoms with Crippen LogP contribution in [0.15, 0.2) is 42.0 Å². The summed E-state index contributed by atoms with van der Waals surface area (Å²) < 4.78 is 97.9. The van der Waals surface area contributed by atoms with E-state index in [4.69, 9.17) is 14.2 Å². The zero-order valence-corrected chi connectivity index (χ0v) is 26.3. The Morgan fingerprint density at radius 3 is 2.13 bits per heavy atom. The van der Waals surface area contributed by atoms with Crippen LogP contribution in [0.4, 0.5) is 31.1 Å². The Kier molecular flexibility index (Phi) is 8.66. The van der Waals surface area contributed by atoms with Gasteiger partial charge in [0.15, 0.2) is 0 Å². The lowest BCUT2D eigenvalue weighted by Gasteiger charge is -2.40. The van der Waals surface area contributed by atoms with Crippen LogP contribution in [-0.4, -0.2) is 43.8 Å². The number of hydrogen-bond acceptors (Lipinski definition) is 5. The van der Waals surface area contributed by atoms with Gasteiger partial charge in [-0.25, -0.2) is 4.79 Å². The number of benzene rings is 2. The smallest absolute Gasteiger partial charge is 0.416 e. The van der Waals surface area contributed by atoms with Gasteiger partial charge in [0.05, 0.1) is 36.8 Å². The second-order valence-electron chi connectivity index (χ2n) is 13.3. The van der Waals surface area contributed by atoms with E-state index >= 15 is 0 Å². The van der Waals surface area contributed by atoms with Gasteiger partial charge >= 0.3 is 24.4 Å². The van der Waals surface area contributed by atoms with Crippen LogP contribution in [0.25, 0.3) is 5.57 Å². The molecule has 2 aromatic carbocycles. The molecule has 6 nitrogen and oxygen atoms in total. The molecular formula is C34H37F6NO5. The lowest BCUT2D eigenvalue weighted by atomic mass is 9.64. The van der Waals surface area contributed by atoms with Crippen LogP contribution in [0.3, 0.4) is 0 Å². The first kappa shape index (κ1) is 33.7. The highest BCUT2D eigenvalue weighted by molar-refractivity contribution is 5.86. The zero-order valence-electron chi connectivity index (χ0n) is 26.3. The molecule has 2 fully saturated rings. The fourth-order valence-electron chi connectivity index (χ4n) is 6.98. The summed E-state index contributed by atoms with van der Waals surface area (Å²) in [5.41, 5.74) is -0.877. The van der Waals surface area contributed by atoms with Gasteiger partial charge in [-0.3, -0.25) is 9.69 Å². The van der Waals surface area contributed by atoms with Gasteiger partial charge in [0.1, 0.15) is 11.9 Å². The Balaban J connectivity index is 1.54. The summed E-state index contributed by atoms with van der Waals surface area (Å²) in [7, 11) is 2.91. The number of carbonyl (C=O) groups excluding carboxylic acids is 2. The SMILES string of the molecule is COC(=O)C1(c2ccc(OC)c(C3=C(CN4C(=O)O[C@H](c5cc(C(F)(F)F)cc(C(F)(F)F)c5)[C@@H]4C)CC(C)(C)CC3)c2)CCC1. The van der Waals surface area contributed by atoms with Gasteiger partial charge in [0.2, 0.25) is 0 Å². The van der Waals surface area contributed by atoms with Crippen molar-refractivity contribution >= 4 is 17.6 Å². The number of esters is 1. The van der Waals surface area contributed by atoms with E-state index < -0.39 is 47.1 Å². The number of allylic oxidation sites excluding steroid dienone is 1. The molecule has 2 aliphatic carbocycles. The fraction of sp³-hybridized carbons (Fsp3) is 0.529. The summed E-state index contributed by atoms with van der Waals surface area (Å²) >= 11 is 0. The van der Waals surface area contributed by atoms with Gasteiger partial charge in [0.25, 0.3) is 0 Å². The van der Waals surface area contributed by atoms with Crippen molar-refractivity contribution in [2.24, 2.45) is 5.41 Å².